The van der Waals surface area contributed by atoms with Crippen molar-refractivity contribution in [3.8, 4) is 10.4 Å². The highest BCUT2D eigenvalue weighted by Crippen LogP contribution is 2.23. The number of anilines is 1. The number of nitrogens with zero attached hydrogens (tertiary/aromatic N) is 2. The number of carbonyl (C=O) groups is 1. The van der Waals surface area contributed by atoms with Gasteiger partial charge in [-0.3, -0.25) is 4.79 Å². The van der Waals surface area contributed by atoms with Gasteiger partial charge in [-0.05, 0) is 48.3 Å². The molecule has 1 amide bonds. The number of aromatic nitrogens is 2. The van der Waals surface area contributed by atoms with E-state index >= 15 is 0 Å². The van der Waals surface area contributed by atoms with Gasteiger partial charge in [0.1, 0.15) is 0 Å². The summed E-state index contributed by atoms with van der Waals surface area (Å²) in [5.41, 5.74) is 3.59. The summed E-state index contributed by atoms with van der Waals surface area (Å²) >= 11 is 1.35. The average Bonchev–Trinajstić information content (AvgIpc) is 3.03. The van der Waals surface area contributed by atoms with E-state index in [1.807, 2.05) is 55.5 Å². The van der Waals surface area contributed by atoms with Crippen molar-refractivity contribution >= 4 is 23.1 Å². The lowest BCUT2D eigenvalue weighted by molar-refractivity contribution is 0.102. The van der Waals surface area contributed by atoms with Crippen LogP contribution in [0.15, 0.2) is 54.7 Å². The van der Waals surface area contributed by atoms with Crippen LogP contribution in [0.25, 0.3) is 10.4 Å². The van der Waals surface area contributed by atoms with Crippen molar-refractivity contribution in [2.24, 2.45) is 0 Å². The van der Waals surface area contributed by atoms with Crippen molar-refractivity contribution in [1.82, 2.24) is 9.59 Å². The first kappa shape index (κ1) is 13.5. The van der Waals surface area contributed by atoms with Crippen LogP contribution in [0.5, 0.6) is 0 Å². The number of carbonyl (C=O) groups excluding carboxylic acids is 1. The van der Waals surface area contributed by atoms with Crippen molar-refractivity contribution in [2.75, 3.05) is 5.32 Å². The second-order valence-electron chi connectivity index (χ2n) is 4.68. The summed E-state index contributed by atoms with van der Waals surface area (Å²) in [7, 11) is 0. The van der Waals surface area contributed by atoms with Gasteiger partial charge in [0.25, 0.3) is 5.91 Å². The summed E-state index contributed by atoms with van der Waals surface area (Å²) in [6.07, 6.45) is 1.73. The molecule has 3 aromatic rings. The number of hydrogen-bond acceptors (Lipinski definition) is 4. The van der Waals surface area contributed by atoms with Crippen LogP contribution in [0.4, 0.5) is 5.69 Å². The highest BCUT2D eigenvalue weighted by Gasteiger charge is 2.06. The maximum Gasteiger partial charge on any atom is 0.255 e. The predicted octanol–water partition coefficient (Wildman–Crippen LogP) is 3.77. The van der Waals surface area contributed by atoms with Crippen LogP contribution in [-0.2, 0) is 0 Å². The first-order valence-corrected chi connectivity index (χ1v) is 7.25. The van der Waals surface area contributed by atoms with E-state index < -0.39 is 0 Å². The third kappa shape index (κ3) is 3.14. The van der Waals surface area contributed by atoms with Gasteiger partial charge >= 0.3 is 0 Å². The van der Waals surface area contributed by atoms with E-state index in [1.54, 1.807) is 6.20 Å². The van der Waals surface area contributed by atoms with Gasteiger partial charge < -0.3 is 5.32 Å². The molecule has 0 unspecified atom stereocenters. The number of aryl methyl sites for hydroxylation is 1. The zero-order valence-corrected chi connectivity index (χ0v) is 12.2. The Labute approximate surface area is 126 Å². The normalized spacial score (nSPS) is 10.3. The molecule has 3 rings (SSSR count). The molecule has 0 fully saturated rings. The lowest BCUT2D eigenvalue weighted by Crippen LogP contribution is -2.11. The molecule has 0 bridgehead atoms. The highest BCUT2D eigenvalue weighted by atomic mass is 32.1. The zero-order valence-electron chi connectivity index (χ0n) is 11.4. The first-order chi connectivity index (χ1) is 10.2. The first-order valence-electron chi connectivity index (χ1n) is 6.48. The third-order valence-electron chi connectivity index (χ3n) is 3.10. The second-order valence-corrected chi connectivity index (χ2v) is 5.46. The molecule has 0 atom stereocenters. The van der Waals surface area contributed by atoms with E-state index in [9.17, 15) is 4.79 Å². The van der Waals surface area contributed by atoms with Crippen molar-refractivity contribution in [3.63, 3.8) is 0 Å². The number of amides is 1. The van der Waals surface area contributed by atoms with E-state index in [4.69, 9.17) is 0 Å². The highest BCUT2D eigenvalue weighted by molar-refractivity contribution is 7.09. The van der Waals surface area contributed by atoms with Gasteiger partial charge in [0, 0.05) is 11.3 Å². The number of nitrogens with one attached hydrogen (secondary N) is 1. The molecule has 4 nitrogen and oxygen atoms in total. The standard InChI is InChI=1S/C16H13N3OS/c1-11-2-4-13(5-3-11)16(20)18-14-8-6-12(7-9-14)15-10-17-19-21-15/h2-10H,1H3,(H,18,20). The largest absolute Gasteiger partial charge is 0.322 e. The van der Waals surface area contributed by atoms with Crippen LogP contribution in [0.1, 0.15) is 15.9 Å². The molecule has 0 spiro atoms. The Kier molecular flexibility index (Phi) is 3.75. The fourth-order valence-electron chi connectivity index (χ4n) is 1.92. The molecule has 0 aliphatic carbocycles. The molecule has 5 heteroatoms. The molecule has 0 aliphatic heterocycles. The minimum absolute atomic E-state index is 0.109. The third-order valence-corrected chi connectivity index (χ3v) is 3.82. The minimum Gasteiger partial charge on any atom is -0.322 e. The second kappa shape index (κ2) is 5.85. The molecular formula is C16H13N3OS. The van der Waals surface area contributed by atoms with Crippen molar-refractivity contribution in [1.29, 1.82) is 0 Å². The molecule has 0 aliphatic rings. The van der Waals surface area contributed by atoms with Crippen LogP contribution < -0.4 is 5.32 Å². The molecule has 0 saturated heterocycles. The van der Waals surface area contributed by atoms with E-state index in [1.165, 1.54) is 11.5 Å². The van der Waals surface area contributed by atoms with Crippen molar-refractivity contribution in [2.45, 2.75) is 6.92 Å². The average molecular weight is 295 g/mol. The molecule has 1 heterocycles. The Hall–Kier alpha value is -2.53. The molecule has 1 N–H and O–H groups in total. The molecule has 21 heavy (non-hydrogen) atoms. The Bertz CT molecular complexity index is 734. The van der Waals surface area contributed by atoms with E-state index in [0.29, 0.717) is 5.56 Å². The van der Waals surface area contributed by atoms with Gasteiger partial charge in [-0.15, -0.1) is 5.10 Å². The van der Waals surface area contributed by atoms with Crippen molar-refractivity contribution in [3.05, 3.63) is 65.9 Å². The summed E-state index contributed by atoms with van der Waals surface area (Å²) < 4.78 is 3.84. The monoisotopic (exact) mass is 295 g/mol. The van der Waals surface area contributed by atoms with Crippen LogP contribution >= 0.6 is 11.5 Å². The summed E-state index contributed by atoms with van der Waals surface area (Å²) in [5.74, 6) is -0.109. The molecular weight excluding hydrogens is 282 g/mol. The SMILES string of the molecule is Cc1ccc(C(=O)Nc2ccc(-c3cnns3)cc2)cc1. The van der Waals surface area contributed by atoms with Crippen LogP contribution in [0, 0.1) is 6.92 Å². The Balaban J connectivity index is 1.73. The fourth-order valence-corrected chi connectivity index (χ4v) is 2.44. The van der Waals surface area contributed by atoms with Crippen LogP contribution in [0.2, 0.25) is 0 Å². The molecule has 0 saturated carbocycles. The Morgan fingerprint density at radius 2 is 1.76 bits per heavy atom. The Morgan fingerprint density at radius 1 is 1.05 bits per heavy atom. The summed E-state index contributed by atoms with van der Waals surface area (Å²) in [5, 5.41) is 6.70. The van der Waals surface area contributed by atoms with Gasteiger partial charge in [-0.2, -0.15) is 0 Å². The predicted molar refractivity (Wildman–Crippen MR) is 84.5 cm³/mol. The fraction of sp³-hybridized carbons (Fsp3) is 0.0625. The van der Waals surface area contributed by atoms with Gasteiger partial charge in [0.2, 0.25) is 0 Å². The smallest absolute Gasteiger partial charge is 0.255 e. The lowest BCUT2D eigenvalue weighted by Gasteiger charge is -2.06. The van der Waals surface area contributed by atoms with E-state index in [-0.39, 0.29) is 5.91 Å². The number of rotatable bonds is 3. The lowest BCUT2D eigenvalue weighted by atomic mass is 10.1. The maximum atomic E-state index is 12.1. The van der Waals surface area contributed by atoms with Crippen molar-refractivity contribution < 1.29 is 4.79 Å². The molecule has 1 aromatic heterocycles. The quantitative estimate of drug-likeness (QED) is 0.800. The number of benzene rings is 2. The van der Waals surface area contributed by atoms with Gasteiger partial charge in [-0.1, -0.05) is 34.3 Å². The summed E-state index contributed by atoms with van der Waals surface area (Å²) in [6.45, 7) is 1.99. The molecule has 2 aromatic carbocycles. The van der Waals surface area contributed by atoms with Gasteiger partial charge in [-0.25, -0.2) is 0 Å². The minimum atomic E-state index is -0.109. The van der Waals surface area contributed by atoms with Crippen LogP contribution in [0.3, 0.4) is 0 Å². The zero-order chi connectivity index (χ0) is 14.7. The van der Waals surface area contributed by atoms with Gasteiger partial charge in [0.15, 0.2) is 0 Å². The Morgan fingerprint density at radius 3 is 2.38 bits per heavy atom. The molecule has 0 radical (unpaired) electrons. The van der Waals surface area contributed by atoms with E-state index in [0.717, 1.165) is 21.7 Å². The number of hydrogen-bond donors (Lipinski definition) is 1. The molecule has 104 valence electrons. The summed E-state index contributed by atoms with van der Waals surface area (Å²) in [6, 6.07) is 15.1. The maximum absolute atomic E-state index is 12.1. The van der Waals surface area contributed by atoms with Crippen LogP contribution in [-0.4, -0.2) is 15.5 Å². The summed E-state index contributed by atoms with van der Waals surface area (Å²) in [4.78, 5) is 13.1. The van der Waals surface area contributed by atoms with E-state index in [2.05, 4.69) is 14.9 Å². The van der Waals surface area contributed by atoms with Gasteiger partial charge in [0.05, 0.1) is 11.1 Å². The topological polar surface area (TPSA) is 54.9 Å².